The van der Waals surface area contributed by atoms with Crippen molar-refractivity contribution in [2.45, 2.75) is 13.5 Å². The number of halogens is 1. The van der Waals surface area contributed by atoms with E-state index in [1.807, 2.05) is 5.38 Å². The van der Waals surface area contributed by atoms with Gasteiger partial charge in [-0.15, -0.1) is 11.3 Å². The Morgan fingerprint density at radius 3 is 3.00 bits per heavy atom. The van der Waals surface area contributed by atoms with Crippen molar-refractivity contribution in [1.29, 1.82) is 0 Å². The van der Waals surface area contributed by atoms with Crippen molar-refractivity contribution in [3.8, 4) is 0 Å². The van der Waals surface area contributed by atoms with Gasteiger partial charge in [-0.05, 0) is 28.9 Å². The van der Waals surface area contributed by atoms with Crippen molar-refractivity contribution >= 4 is 33.1 Å². The van der Waals surface area contributed by atoms with Crippen molar-refractivity contribution in [2.75, 3.05) is 0 Å². The predicted molar refractivity (Wildman–Crippen MR) is 53.0 cm³/mol. The van der Waals surface area contributed by atoms with Gasteiger partial charge in [0.2, 0.25) is 0 Å². The zero-order chi connectivity index (χ0) is 8.27. The summed E-state index contributed by atoms with van der Waals surface area (Å²) in [4.78, 5) is 5.32. The van der Waals surface area contributed by atoms with Gasteiger partial charge in [-0.2, -0.15) is 0 Å². The smallest absolute Gasteiger partial charge is 0.0910 e. The molecule has 1 heterocycles. The monoisotopic (exact) mass is 232 g/mol. The molecular weight excluding hydrogens is 224 g/mol. The number of hydrogen-bond acceptors (Lipinski definition) is 2. The second-order valence-electron chi connectivity index (χ2n) is 2.19. The summed E-state index contributed by atoms with van der Waals surface area (Å²) in [7, 11) is 0. The van der Waals surface area contributed by atoms with Crippen molar-refractivity contribution < 1.29 is 0 Å². The van der Waals surface area contributed by atoms with Crippen molar-refractivity contribution in [3.05, 3.63) is 20.8 Å². The number of aliphatic imine (C=N–C) groups is 1. The highest BCUT2D eigenvalue weighted by molar-refractivity contribution is 9.10. The molecule has 0 bridgehead atoms. The van der Waals surface area contributed by atoms with Crippen molar-refractivity contribution in [3.63, 3.8) is 0 Å². The number of thiophene rings is 1. The molecule has 1 aromatic rings. The number of hydrogen-bond donors (Lipinski definition) is 1. The minimum Gasteiger partial charge on any atom is -0.388 e. The second-order valence-corrected chi connectivity index (χ2v) is 4.10. The summed E-state index contributed by atoms with van der Waals surface area (Å²) in [6.45, 7) is 2.49. The molecule has 1 rings (SSSR count). The Kier molecular flexibility index (Phi) is 3.08. The number of nitrogens with zero attached hydrogens (tertiary/aromatic N) is 1. The summed E-state index contributed by atoms with van der Waals surface area (Å²) in [5, 5.41) is 2.04. The number of nitrogens with two attached hydrogens (primary N) is 1. The second kappa shape index (κ2) is 3.88. The lowest BCUT2D eigenvalue weighted by atomic mass is 10.5. The first-order valence-corrected chi connectivity index (χ1v) is 4.85. The van der Waals surface area contributed by atoms with Gasteiger partial charge in [0.05, 0.1) is 12.4 Å². The van der Waals surface area contributed by atoms with Crippen LogP contribution in [-0.4, -0.2) is 5.84 Å². The van der Waals surface area contributed by atoms with Gasteiger partial charge < -0.3 is 5.73 Å². The highest BCUT2D eigenvalue weighted by atomic mass is 79.9. The first kappa shape index (κ1) is 8.74. The molecule has 0 fully saturated rings. The Morgan fingerprint density at radius 1 is 1.82 bits per heavy atom. The molecule has 0 aliphatic heterocycles. The van der Waals surface area contributed by atoms with E-state index in [2.05, 4.69) is 27.0 Å². The quantitative estimate of drug-likeness (QED) is 0.618. The molecule has 0 atom stereocenters. The van der Waals surface area contributed by atoms with Gasteiger partial charge >= 0.3 is 0 Å². The van der Waals surface area contributed by atoms with E-state index in [4.69, 9.17) is 5.73 Å². The molecule has 4 heteroatoms. The normalized spacial score (nSPS) is 12.0. The zero-order valence-corrected chi connectivity index (χ0v) is 8.58. The molecule has 0 aromatic carbocycles. The Hall–Kier alpha value is -0.350. The van der Waals surface area contributed by atoms with Crippen LogP contribution in [0.4, 0.5) is 0 Å². The molecule has 11 heavy (non-hydrogen) atoms. The van der Waals surface area contributed by atoms with Crippen LogP contribution in [0.15, 0.2) is 20.9 Å². The topological polar surface area (TPSA) is 38.4 Å². The predicted octanol–water partition coefficient (Wildman–Crippen LogP) is 2.39. The molecule has 0 saturated carbocycles. The fourth-order valence-electron chi connectivity index (χ4n) is 0.639. The molecule has 0 aliphatic rings. The van der Waals surface area contributed by atoms with Crippen LogP contribution in [0.3, 0.4) is 0 Å². The molecule has 0 spiro atoms. The lowest BCUT2D eigenvalue weighted by molar-refractivity contribution is 1.09. The zero-order valence-electron chi connectivity index (χ0n) is 6.17. The maximum absolute atomic E-state index is 5.39. The molecule has 1 aromatic heterocycles. The average molecular weight is 233 g/mol. The highest BCUT2D eigenvalue weighted by Crippen LogP contribution is 2.20. The van der Waals surface area contributed by atoms with Crippen molar-refractivity contribution in [1.82, 2.24) is 0 Å². The van der Waals surface area contributed by atoms with Crippen LogP contribution in [0.25, 0.3) is 0 Å². The summed E-state index contributed by atoms with van der Waals surface area (Å²) >= 11 is 5.05. The molecule has 2 N–H and O–H groups in total. The third-order valence-electron chi connectivity index (χ3n) is 1.11. The molecule has 2 nitrogen and oxygen atoms in total. The summed E-state index contributed by atoms with van der Waals surface area (Å²) in [6, 6.07) is 2.05. The highest BCUT2D eigenvalue weighted by Gasteiger charge is 1.94. The van der Waals surface area contributed by atoms with E-state index in [0.29, 0.717) is 12.4 Å². The molecule has 0 unspecified atom stereocenters. The minimum atomic E-state index is 0.634. The van der Waals surface area contributed by atoms with E-state index in [-0.39, 0.29) is 0 Å². The third-order valence-corrected chi connectivity index (χ3v) is 2.79. The molecule has 0 radical (unpaired) electrons. The fourth-order valence-corrected chi connectivity index (χ4v) is 2.01. The van der Waals surface area contributed by atoms with Crippen LogP contribution in [0, 0.1) is 0 Å². The van der Waals surface area contributed by atoms with Crippen LogP contribution < -0.4 is 5.73 Å². The average Bonchev–Trinajstić information content (AvgIpc) is 2.31. The van der Waals surface area contributed by atoms with Crippen LogP contribution in [-0.2, 0) is 6.54 Å². The Bertz CT molecular complexity index is 263. The standard InChI is InChI=1S/C7H9BrN2S/c1-5(9)10-3-7-2-6(8)4-11-7/h2,4H,3H2,1H3,(H2,9,10). The SMILES string of the molecule is CC(N)=NCc1cc(Br)cs1. The van der Waals surface area contributed by atoms with Gasteiger partial charge in [-0.25, -0.2) is 0 Å². The van der Waals surface area contributed by atoms with E-state index in [0.717, 1.165) is 4.47 Å². The van der Waals surface area contributed by atoms with Gasteiger partial charge in [0.25, 0.3) is 0 Å². The Morgan fingerprint density at radius 2 is 2.55 bits per heavy atom. The van der Waals surface area contributed by atoms with Gasteiger partial charge in [-0.1, -0.05) is 0 Å². The first-order valence-electron chi connectivity index (χ1n) is 3.18. The van der Waals surface area contributed by atoms with Gasteiger partial charge in [0.1, 0.15) is 0 Å². The lowest BCUT2D eigenvalue weighted by Crippen LogP contribution is -2.04. The van der Waals surface area contributed by atoms with E-state index >= 15 is 0 Å². The molecule has 60 valence electrons. The first-order chi connectivity index (χ1) is 5.18. The summed E-state index contributed by atoms with van der Waals surface area (Å²) in [5.74, 6) is 0.634. The molecule has 0 amide bonds. The van der Waals surface area contributed by atoms with Crippen LogP contribution >= 0.6 is 27.3 Å². The number of amidine groups is 1. The molecular formula is C7H9BrN2S. The maximum atomic E-state index is 5.39. The van der Waals surface area contributed by atoms with Gasteiger partial charge in [0, 0.05) is 14.7 Å². The number of rotatable bonds is 2. The molecule has 0 saturated heterocycles. The fraction of sp³-hybridized carbons (Fsp3) is 0.286. The maximum Gasteiger partial charge on any atom is 0.0910 e. The van der Waals surface area contributed by atoms with Crippen LogP contribution in [0.1, 0.15) is 11.8 Å². The van der Waals surface area contributed by atoms with Gasteiger partial charge in [0.15, 0.2) is 0 Å². The van der Waals surface area contributed by atoms with Crippen LogP contribution in [0.5, 0.6) is 0 Å². The van der Waals surface area contributed by atoms with E-state index in [1.165, 1.54) is 4.88 Å². The molecule has 0 aliphatic carbocycles. The van der Waals surface area contributed by atoms with Crippen molar-refractivity contribution in [2.24, 2.45) is 10.7 Å². The van der Waals surface area contributed by atoms with Gasteiger partial charge in [-0.3, -0.25) is 4.99 Å². The van der Waals surface area contributed by atoms with E-state index < -0.39 is 0 Å². The van der Waals surface area contributed by atoms with E-state index in [1.54, 1.807) is 18.3 Å². The van der Waals surface area contributed by atoms with Crippen LogP contribution in [0.2, 0.25) is 0 Å². The lowest BCUT2D eigenvalue weighted by Gasteiger charge is -1.89. The van der Waals surface area contributed by atoms with E-state index in [9.17, 15) is 0 Å². The summed E-state index contributed by atoms with van der Waals surface area (Å²) in [5.41, 5.74) is 5.39. The minimum absolute atomic E-state index is 0.634. The summed E-state index contributed by atoms with van der Waals surface area (Å²) in [6.07, 6.45) is 0. The Labute approximate surface area is 78.3 Å². The Balaban J connectivity index is 2.58. The third kappa shape index (κ3) is 3.03. The summed E-state index contributed by atoms with van der Waals surface area (Å²) < 4.78 is 1.11. The largest absolute Gasteiger partial charge is 0.388 e.